The van der Waals surface area contributed by atoms with Gasteiger partial charge in [0.2, 0.25) is 0 Å². The molecular weight excluding hydrogens is 376 g/mol. The van der Waals surface area contributed by atoms with Crippen molar-refractivity contribution in [3.8, 4) is 11.8 Å². The maximum absolute atomic E-state index is 12.8. The fraction of sp³-hybridized carbons (Fsp3) is 0.190. The third-order valence-corrected chi connectivity index (χ3v) is 4.52. The maximum Gasteiger partial charge on any atom is 0.261 e. The Morgan fingerprint density at radius 1 is 1.21 bits per heavy atom. The van der Waals surface area contributed by atoms with Crippen LogP contribution in [0.4, 0.5) is 0 Å². The van der Waals surface area contributed by atoms with E-state index >= 15 is 0 Å². The number of rotatable bonds is 6. The number of hydrogen-bond donors (Lipinski definition) is 1. The number of benzene rings is 2. The lowest BCUT2D eigenvalue weighted by molar-refractivity contribution is -0.127. The predicted molar refractivity (Wildman–Crippen MR) is 106 cm³/mol. The van der Waals surface area contributed by atoms with Crippen molar-refractivity contribution in [2.45, 2.75) is 19.1 Å². The second kappa shape index (κ2) is 8.59. The molecule has 0 radical (unpaired) electrons. The highest BCUT2D eigenvalue weighted by molar-refractivity contribution is 6.30. The van der Waals surface area contributed by atoms with E-state index in [-0.39, 0.29) is 5.91 Å². The lowest BCUT2D eigenvalue weighted by Crippen LogP contribution is -2.39. The van der Waals surface area contributed by atoms with Crippen molar-refractivity contribution in [3.05, 3.63) is 82.9 Å². The van der Waals surface area contributed by atoms with Crippen LogP contribution in [0.25, 0.3) is 0 Å². The Bertz CT molecular complexity index is 990. The van der Waals surface area contributed by atoms with Gasteiger partial charge in [-0.15, -0.1) is 0 Å². The Hall–Kier alpha value is -3.30. The number of aromatic nitrogens is 2. The molecule has 0 saturated heterocycles. The first-order valence-corrected chi connectivity index (χ1v) is 9.05. The summed E-state index contributed by atoms with van der Waals surface area (Å²) >= 11 is 5.99. The highest BCUT2D eigenvalue weighted by atomic mass is 35.5. The van der Waals surface area contributed by atoms with Gasteiger partial charge in [0, 0.05) is 24.5 Å². The average Bonchev–Trinajstić information content (AvgIpc) is 3.13. The summed E-state index contributed by atoms with van der Waals surface area (Å²) in [6.45, 7) is 1.67. The van der Waals surface area contributed by atoms with Crippen molar-refractivity contribution in [2.24, 2.45) is 7.05 Å². The van der Waals surface area contributed by atoms with Crippen LogP contribution in [-0.4, -0.2) is 21.6 Å². The van der Waals surface area contributed by atoms with E-state index in [1.807, 2.05) is 36.0 Å². The van der Waals surface area contributed by atoms with E-state index in [4.69, 9.17) is 21.6 Å². The van der Waals surface area contributed by atoms with E-state index in [1.165, 1.54) is 0 Å². The van der Waals surface area contributed by atoms with Crippen LogP contribution >= 0.6 is 11.6 Å². The lowest BCUT2D eigenvalue weighted by Gasteiger charge is -2.22. The number of nitriles is 1. The van der Waals surface area contributed by atoms with Gasteiger partial charge in [-0.2, -0.15) is 5.26 Å². The van der Waals surface area contributed by atoms with Crippen LogP contribution in [0, 0.1) is 11.3 Å². The lowest BCUT2D eigenvalue weighted by atomic mass is 10.1. The van der Waals surface area contributed by atoms with E-state index in [9.17, 15) is 4.79 Å². The molecule has 0 spiro atoms. The number of carbonyl (C=O) groups is 1. The zero-order valence-corrected chi connectivity index (χ0v) is 16.2. The topological polar surface area (TPSA) is 79.9 Å². The van der Waals surface area contributed by atoms with Gasteiger partial charge in [0.25, 0.3) is 5.91 Å². The SMILES string of the molecule is C[C@@H](Oc1ccc(C#N)cc1)C(=O)N[C@H](c1ccc(Cl)cc1)c1nccn1C. The van der Waals surface area contributed by atoms with Crippen molar-refractivity contribution in [3.63, 3.8) is 0 Å². The third-order valence-electron chi connectivity index (χ3n) is 4.27. The minimum absolute atomic E-state index is 0.285. The number of amides is 1. The summed E-state index contributed by atoms with van der Waals surface area (Å²) < 4.78 is 7.56. The minimum Gasteiger partial charge on any atom is -0.481 e. The second-order valence-electron chi connectivity index (χ2n) is 6.29. The van der Waals surface area contributed by atoms with Crippen molar-refractivity contribution >= 4 is 17.5 Å². The molecule has 0 unspecified atom stereocenters. The van der Waals surface area contributed by atoms with E-state index in [0.717, 1.165) is 5.56 Å². The quantitative estimate of drug-likeness (QED) is 0.692. The molecule has 2 aromatic carbocycles. The van der Waals surface area contributed by atoms with Crippen LogP contribution in [-0.2, 0) is 11.8 Å². The Balaban J connectivity index is 1.77. The molecule has 1 amide bonds. The highest BCUT2D eigenvalue weighted by Gasteiger charge is 2.24. The van der Waals surface area contributed by atoms with Crippen molar-refractivity contribution < 1.29 is 9.53 Å². The molecule has 0 aliphatic carbocycles. The molecule has 3 rings (SSSR count). The monoisotopic (exact) mass is 394 g/mol. The maximum atomic E-state index is 12.8. The first kappa shape index (κ1) is 19.5. The van der Waals surface area contributed by atoms with Gasteiger partial charge in [0.05, 0.1) is 11.6 Å². The molecule has 2 atom stereocenters. The summed E-state index contributed by atoms with van der Waals surface area (Å²) in [5.74, 6) is 0.926. The van der Waals surface area contributed by atoms with E-state index in [1.54, 1.807) is 49.5 Å². The molecule has 1 aromatic heterocycles. The predicted octanol–water partition coefficient (Wildman–Crippen LogP) is 3.62. The standard InChI is InChI=1S/C21H19ClN4O2/c1-14(28-18-9-3-15(13-23)4-10-18)21(27)25-19(20-24-11-12-26(20)2)16-5-7-17(22)8-6-16/h3-12,14,19H,1-2H3,(H,25,27)/t14-,19-/m1/s1. The number of ether oxygens (including phenoxy) is 1. The van der Waals surface area contributed by atoms with Gasteiger partial charge in [-0.25, -0.2) is 4.98 Å². The molecule has 0 bridgehead atoms. The van der Waals surface area contributed by atoms with Gasteiger partial charge in [-0.05, 0) is 48.9 Å². The number of halogens is 1. The first-order valence-electron chi connectivity index (χ1n) is 8.68. The van der Waals surface area contributed by atoms with Crippen molar-refractivity contribution in [1.29, 1.82) is 5.26 Å². The largest absolute Gasteiger partial charge is 0.481 e. The second-order valence-corrected chi connectivity index (χ2v) is 6.72. The Morgan fingerprint density at radius 2 is 1.89 bits per heavy atom. The Labute approximate surface area is 168 Å². The van der Waals surface area contributed by atoms with Crippen molar-refractivity contribution in [1.82, 2.24) is 14.9 Å². The zero-order chi connectivity index (χ0) is 20.1. The van der Waals surface area contributed by atoms with E-state index in [0.29, 0.717) is 22.2 Å². The minimum atomic E-state index is -0.733. The normalized spacial score (nSPS) is 12.6. The van der Waals surface area contributed by atoms with Crippen LogP contribution in [0.3, 0.4) is 0 Å². The molecule has 28 heavy (non-hydrogen) atoms. The van der Waals surface area contributed by atoms with Crippen LogP contribution in [0.15, 0.2) is 60.9 Å². The Morgan fingerprint density at radius 3 is 2.46 bits per heavy atom. The molecular formula is C21H19ClN4O2. The molecule has 3 aromatic rings. The van der Waals surface area contributed by atoms with Crippen LogP contribution < -0.4 is 10.1 Å². The van der Waals surface area contributed by atoms with Gasteiger partial charge in [0.15, 0.2) is 6.10 Å². The van der Waals surface area contributed by atoms with Gasteiger partial charge in [0.1, 0.15) is 17.6 Å². The molecule has 6 nitrogen and oxygen atoms in total. The van der Waals surface area contributed by atoms with Gasteiger partial charge >= 0.3 is 0 Å². The number of aryl methyl sites for hydroxylation is 1. The van der Waals surface area contributed by atoms with Gasteiger partial charge in [-0.3, -0.25) is 4.79 Å². The van der Waals surface area contributed by atoms with Crippen LogP contribution in [0.1, 0.15) is 29.9 Å². The zero-order valence-electron chi connectivity index (χ0n) is 15.5. The smallest absolute Gasteiger partial charge is 0.261 e. The summed E-state index contributed by atoms with van der Waals surface area (Å²) in [5, 5.41) is 12.5. The summed E-state index contributed by atoms with van der Waals surface area (Å²) in [7, 11) is 1.87. The fourth-order valence-corrected chi connectivity index (χ4v) is 2.86. The average molecular weight is 395 g/mol. The third kappa shape index (κ3) is 4.51. The summed E-state index contributed by atoms with van der Waals surface area (Å²) in [6.07, 6.45) is 2.77. The number of imidazole rings is 1. The summed E-state index contributed by atoms with van der Waals surface area (Å²) in [5.41, 5.74) is 1.39. The van der Waals surface area contributed by atoms with Crippen molar-refractivity contribution in [2.75, 3.05) is 0 Å². The fourth-order valence-electron chi connectivity index (χ4n) is 2.73. The molecule has 7 heteroatoms. The summed E-state index contributed by atoms with van der Waals surface area (Å²) in [4.78, 5) is 17.2. The van der Waals surface area contributed by atoms with Gasteiger partial charge in [-0.1, -0.05) is 23.7 Å². The molecule has 1 N–H and O–H groups in total. The summed E-state index contributed by atoms with van der Waals surface area (Å²) in [6, 6.07) is 15.5. The molecule has 0 saturated carbocycles. The number of carbonyl (C=O) groups excluding carboxylic acids is 1. The van der Waals surface area contributed by atoms with E-state index in [2.05, 4.69) is 10.3 Å². The molecule has 1 heterocycles. The van der Waals surface area contributed by atoms with Crippen LogP contribution in [0.2, 0.25) is 5.02 Å². The van der Waals surface area contributed by atoms with E-state index < -0.39 is 12.1 Å². The number of hydrogen-bond acceptors (Lipinski definition) is 4. The molecule has 142 valence electrons. The molecule has 0 aliphatic heterocycles. The number of nitrogens with one attached hydrogen (secondary N) is 1. The van der Waals surface area contributed by atoms with Gasteiger partial charge < -0.3 is 14.6 Å². The Kier molecular flexibility index (Phi) is 5.97. The number of nitrogens with zero attached hydrogens (tertiary/aromatic N) is 3. The first-order chi connectivity index (χ1) is 13.5. The molecule has 0 aliphatic rings. The van der Waals surface area contributed by atoms with Crippen LogP contribution in [0.5, 0.6) is 5.75 Å². The molecule has 0 fully saturated rings. The highest BCUT2D eigenvalue weighted by Crippen LogP contribution is 2.23.